The van der Waals surface area contributed by atoms with Crippen LogP contribution in [0.1, 0.15) is 82.1 Å². The third-order valence-electron chi connectivity index (χ3n) is 18.8. The van der Waals surface area contributed by atoms with Gasteiger partial charge in [0.15, 0.2) is 22.5 Å². The van der Waals surface area contributed by atoms with E-state index in [1.165, 1.54) is 56.1 Å². The monoisotopic (exact) mass is 1410 g/mol. The number of hydrogen-bond donors (Lipinski definition) is 5. The van der Waals surface area contributed by atoms with Crippen molar-refractivity contribution in [2.24, 2.45) is 41.0 Å². The molecular weight excluding hydrogens is 1320 g/mol. The molecule has 1 aliphatic carbocycles. The summed E-state index contributed by atoms with van der Waals surface area (Å²) in [6.45, 7) is 5.60. The molecule has 12 aromatic rings. The standard InChI is InChI=1S/2C25H30N8.C24H28N8O2S2/c1-32-16-20(13-29-32)18-6-5-7-19(12-18)24-28-15-23(21-14-30-33(2)17-21)25(31-24)27-11-9-22-8-3-4-10-26-22;1-32-15-20(12-29-32)18-7-6-8-19(11-18)23-27-14-22(21-13-30-33(2)16-21)24(31-23)28-17-25(26)9-4-3-5-10-25;1-16-29-30-24(35-16)21-14-25-22(18-7-4-6-17(12-18)19-13-26-31(2)15-19)28-23(21)27-20-8-5-10-32(11-9-20)36(3,33)34/h5-7,12-17,22,26H,3-4,8-11H2,1-2H3,(H,27,28,31);6-8,11-16H,3-5,9-10,17,26H2,1-2H3,(H,27,28,31);4,6-7,12-15,20H,5,8-11H2,1-3H3,(H,25,27,28). The summed E-state index contributed by atoms with van der Waals surface area (Å²) in [5, 5.41) is 46.0. The van der Waals surface area contributed by atoms with E-state index in [1.807, 2.05) is 158 Å². The Labute approximate surface area is 598 Å². The van der Waals surface area contributed by atoms with Crippen molar-refractivity contribution in [3.05, 3.63) is 158 Å². The summed E-state index contributed by atoms with van der Waals surface area (Å²) >= 11 is 1.49. The smallest absolute Gasteiger partial charge is 0.211 e. The van der Waals surface area contributed by atoms with Gasteiger partial charge in [-0.1, -0.05) is 91.6 Å². The second-order valence-electron chi connectivity index (χ2n) is 26.8. The molecular formula is C74H88N24O2S2. The fraction of sp³-hybridized carbons (Fsp3) is 0.365. The Morgan fingerprint density at radius 3 is 1.44 bits per heavy atom. The van der Waals surface area contributed by atoms with Crippen molar-refractivity contribution in [1.82, 2.24) is 98.6 Å². The van der Waals surface area contributed by atoms with Crippen LogP contribution in [-0.2, 0) is 45.3 Å². The number of nitrogens with two attached hydrogens (primary N) is 1. The number of nitrogens with zero attached hydrogens (tertiary/aromatic N) is 19. The number of benzene rings is 3. The minimum absolute atomic E-state index is 0.0778. The van der Waals surface area contributed by atoms with E-state index in [-0.39, 0.29) is 11.6 Å². The summed E-state index contributed by atoms with van der Waals surface area (Å²) in [5.74, 6) is 4.28. The molecule has 2 saturated heterocycles. The second-order valence-corrected chi connectivity index (χ2v) is 30.0. The van der Waals surface area contributed by atoms with Crippen molar-refractivity contribution in [2.45, 2.75) is 102 Å². The van der Waals surface area contributed by atoms with Crippen molar-refractivity contribution in [3.63, 3.8) is 0 Å². The van der Waals surface area contributed by atoms with Gasteiger partial charge in [-0.2, -0.15) is 25.5 Å². The highest BCUT2D eigenvalue weighted by Crippen LogP contribution is 2.36. The van der Waals surface area contributed by atoms with Crippen LogP contribution in [0.3, 0.4) is 0 Å². The second kappa shape index (κ2) is 31.7. The van der Waals surface area contributed by atoms with E-state index in [0.717, 1.165) is 145 Å². The number of rotatable bonds is 19. The molecule has 11 heterocycles. The molecule has 0 spiro atoms. The first kappa shape index (κ1) is 70.2. The number of nitrogens with one attached hydrogen (secondary N) is 4. The Bertz CT molecular complexity index is 4920. The Kier molecular flexibility index (Phi) is 21.8. The van der Waals surface area contributed by atoms with Crippen molar-refractivity contribution in [1.29, 1.82) is 0 Å². The molecule has 2 atom stereocenters. The highest BCUT2D eigenvalue weighted by Gasteiger charge is 2.29. The van der Waals surface area contributed by atoms with E-state index in [2.05, 4.69) is 98.3 Å². The Morgan fingerprint density at radius 2 is 0.990 bits per heavy atom. The van der Waals surface area contributed by atoms with Gasteiger partial charge in [-0.3, -0.25) is 23.4 Å². The van der Waals surface area contributed by atoms with Gasteiger partial charge < -0.3 is 27.0 Å². The van der Waals surface area contributed by atoms with E-state index < -0.39 is 10.0 Å². The van der Waals surface area contributed by atoms with Crippen LogP contribution in [0, 0.1) is 6.92 Å². The lowest BCUT2D eigenvalue weighted by Gasteiger charge is -2.33. The van der Waals surface area contributed by atoms with Crippen LogP contribution in [0.2, 0.25) is 0 Å². The number of hydrogen-bond acceptors (Lipinski definition) is 21. The van der Waals surface area contributed by atoms with Gasteiger partial charge in [0, 0.05) is 184 Å². The Hall–Kier alpha value is -10.3. The van der Waals surface area contributed by atoms with E-state index in [0.29, 0.717) is 55.4 Å². The summed E-state index contributed by atoms with van der Waals surface area (Å²) in [6.07, 6.45) is 39.0. The number of sulfonamides is 1. The van der Waals surface area contributed by atoms with E-state index >= 15 is 0 Å². The van der Waals surface area contributed by atoms with Crippen molar-refractivity contribution in [3.8, 4) is 100 Å². The van der Waals surface area contributed by atoms with Crippen LogP contribution < -0.4 is 27.0 Å². The third-order valence-corrected chi connectivity index (χ3v) is 21.0. The van der Waals surface area contributed by atoms with Gasteiger partial charge in [-0.15, -0.1) is 10.2 Å². The molecule has 528 valence electrons. The average Bonchev–Trinajstić information content (AvgIpc) is 1.53. The predicted octanol–water partition coefficient (Wildman–Crippen LogP) is 11.5. The lowest BCUT2D eigenvalue weighted by molar-refractivity contribution is 0.311. The molecule has 0 amide bonds. The summed E-state index contributed by atoms with van der Waals surface area (Å²) < 4.78 is 34.6. The molecule has 6 N–H and O–H groups in total. The first-order valence-corrected chi connectivity index (χ1v) is 37.5. The summed E-state index contributed by atoms with van der Waals surface area (Å²) in [7, 11) is 6.36. The molecule has 26 nitrogen and oxygen atoms in total. The van der Waals surface area contributed by atoms with Gasteiger partial charge in [-0.05, 0) is 99.7 Å². The molecule has 9 aromatic heterocycles. The Morgan fingerprint density at radius 1 is 0.520 bits per heavy atom. The highest BCUT2D eigenvalue weighted by molar-refractivity contribution is 7.88. The quantitative estimate of drug-likeness (QED) is 0.0502. The maximum Gasteiger partial charge on any atom is 0.211 e. The first-order chi connectivity index (χ1) is 49.4. The topological polar surface area (TPSA) is 304 Å². The molecule has 0 bridgehead atoms. The minimum atomic E-state index is -3.20. The fourth-order valence-electron chi connectivity index (χ4n) is 13.2. The van der Waals surface area contributed by atoms with Crippen LogP contribution >= 0.6 is 11.3 Å². The van der Waals surface area contributed by atoms with Gasteiger partial charge in [0.2, 0.25) is 10.0 Å². The van der Waals surface area contributed by atoms with Crippen LogP contribution in [0.4, 0.5) is 17.5 Å². The van der Waals surface area contributed by atoms with Gasteiger partial charge >= 0.3 is 0 Å². The van der Waals surface area contributed by atoms with Crippen molar-refractivity contribution in [2.75, 3.05) is 54.9 Å². The van der Waals surface area contributed by atoms with Crippen molar-refractivity contribution < 1.29 is 8.42 Å². The number of aryl methyl sites for hydroxylation is 6. The van der Waals surface area contributed by atoms with Crippen LogP contribution in [0.15, 0.2) is 153 Å². The molecule has 3 aliphatic rings. The zero-order chi connectivity index (χ0) is 70.7. The van der Waals surface area contributed by atoms with Crippen LogP contribution in [0.25, 0.3) is 100 Å². The largest absolute Gasteiger partial charge is 0.369 e. The maximum absolute atomic E-state index is 12.0. The average molecular weight is 1410 g/mol. The van der Waals surface area contributed by atoms with Crippen molar-refractivity contribution >= 4 is 38.8 Å². The zero-order valence-electron chi connectivity index (χ0n) is 58.8. The number of piperidine rings is 1. The fourth-order valence-corrected chi connectivity index (χ4v) is 14.8. The van der Waals surface area contributed by atoms with E-state index in [4.69, 9.17) is 30.7 Å². The minimum Gasteiger partial charge on any atom is -0.369 e. The predicted molar refractivity (Wildman–Crippen MR) is 402 cm³/mol. The molecule has 15 rings (SSSR count). The van der Waals surface area contributed by atoms with Gasteiger partial charge in [0.1, 0.15) is 22.5 Å². The molecule has 2 unspecified atom stereocenters. The van der Waals surface area contributed by atoms with E-state index in [9.17, 15) is 8.42 Å². The summed E-state index contributed by atoms with van der Waals surface area (Å²) in [4.78, 5) is 28.9. The molecule has 0 radical (unpaired) electrons. The SMILES string of the molecule is Cc1nnc(-c2cnc(-c3cccc(-c4cnn(C)c4)c3)nc2NC2CCCN(S(C)(=O)=O)CC2)s1.Cn1cc(-c2cccc(-c3ncc(-c4cnn(C)c4)c(NCC4(N)CCCCC4)n3)c2)cn1.Cn1cc(-c2cccc(-c3ncc(-c4cnn(C)c4)c(NCCC4CCCCN4)n3)c2)cn1. The lowest BCUT2D eigenvalue weighted by atomic mass is 9.82. The van der Waals surface area contributed by atoms with Crippen LogP contribution in [0.5, 0.6) is 0 Å². The first-order valence-electron chi connectivity index (χ1n) is 34.8. The normalized spacial score (nSPS) is 16.3. The molecule has 102 heavy (non-hydrogen) atoms. The maximum atomic E-state index is 12.0. The van der Waals surface area contributed by atoms with Gasteiger partial charge in [-0.25, -0.2) is 42.6 Å². The number of anilines is 3. The molecule has 2 aliphatic heterocycles. The van der Waals surface area contributed by atoms with Gasteiger partial charge in [0.25, 0.3) is 0 Å². The van der Waals surface area contributed by atoms with Gasteiger partial charge in [0.05, 0.1) is 42.8 Å². The Balaban J connectivity index is 0.000000137. The molecule has 28 heteroatoms. The molecule has 3 fully saturated rings. The highest BCUT2D eigenvalue weighted by atomic mass is 32.2. The third kappa shape index (κ3) is 17.7. The van der Waals surface area contributed by atoms with E-state index in [1.54, 1.807) is 29.2 Å². The lowest BCUT2D eigenvalue weighted by Crippen LogP contribution is -2.47. The van der Waals surface area contributed by atoms with Crippen LogP contribution in [-0.4, -0.2) is 158 Å². The zero-order valence-corrected chi connectivity index (χ0v) is 60.4. The number of aromatic nitrogens is 18. The molecule has 1 saturated carbocycles. The summed E-state index contributed by atoms with van der Waals surface area (Å²) in [5.41, 5.74) is 20.4. The summed E-state index contributed by atoms with van der Waals surface area (Å²) in [6, 6.07) is 25.3. The molecule has 3 aromatic carbocycles.